The van der Waals surface area contributed by atoms with Crippen LogP contribution in [0.3, 0.4) is 0 Å². The maximum absolute atomic E-state index is 14.9. The zero-order valence-corrected chi connectivity index (χ0v) is 22.8. The Morgan fingerprint density at radius 2 is 1.92 bits per heavy atom. The van der Waals surface area contributed by atoms with Crippen LogP contribution < -0.4 is 9.46 Å². The van der Waals surface area contributed by atoms with Crippen molar-refractivity contribution in [2.45, 2.75) is 70.4 Å². The van der Waals surface area contributed by atoms with Crippen LogP contribution in [0.15, 0.2) is 30.3 Å². The lowest BCUT2D eigenvalue weighted by Gasteiger charge is -2.33. The number of likely N-dealkylation sites (tertiary alicyclic amines) is 1. The van der Waals surface area contributed by atoms with Crippen LogP contribution in [-0.4, -0.2) is 44.7 Å². The molecule has 0 unspecified atom stereocenters. The summed E-state index contributed by atoms with van der Waals surface area (Å²) in [6.45, 7) is 8.79. The Balaban J connectivity index is 1.48. The van der Waals surface area contributed by atoms with Gasteiger partial charge in [0.2, 0.25) is 10.0 Å². The van der Waals surface area contributed by atoms with Gasteiger partial charge in [-0.2, -0.15) is 0 Å². The SMILES string of the molecule is CC(C)(C)c1ccc(CN2CCC[C@@H](Oc3cc(F)c(C(=O)NS(C)(=O)=O)cc3C3CC3)C2)c(Cl)c1. The zero-order valence-electron chi connectivity index (χ0n) is 21.2. The van der Waals surface area contributed by atoms with Gasteiger partial charge in [-0.1, -0.05) is 44.5 Å². The number of hydrogen-bond acceptors (Lipinski definition) is 5. The molecular weight excluding hydrogens is 503 g/mol. The van der Waals surface area contributed by atoms with Gasteiger partial charge in [0.05, 0.1) is 11.8 Å². The molecule has 0 radical (unpaired) electrons. The van der Waals surface area contributed by atoms with Gasteiger partial charge in [-0.15, -0.1) is 0 Å². The van der Waals surface area contributed by atoms with E-state index in [1.807, 2.05) is 10.8 Å². The fraction of sp³-hybridized carbons (Fsp3) is 0.519. The van der Waals surface area contributed by atoms with Crippen molar-refractivity contribution >= 4 is 27.5 Å². The molecule has 0 bridgehead atoms. The number of amides is 1. The predicted octanol–water partition coefficient (Wildman–Crippen LogP) is 5.39. The summed E-state index contributed by atoms with van der Waals surface area (Å²) in [5, 5.41) is 0.756. The molecule has 9 heteroatoms. The van der Waals surface area contributed by atoms with E-state index in [9.17, 15) is 17.6 Å². The highest BCUT2D eigenvalue weighted by Gasteiger charge is 2.31. The second-order valence-electron chi connectivity index (χ2n) is 11.0. The lowest BCUT2D eigenvalue weighted by molar-refractivity contribution is 0.0832. The number of carbonyl (C=O) groups excluding carboxylic acids is 1. The molecule has 6 nitrogen and oxygen atoms in total. The van der Waals surface area contributed by atoms with Crippen LogP contribution in [0.2, 0.25) is 5.02 Å². The molecule has 1 atom stereocenters. The molecule has 0 spiro atoms. The van der Waals surface area contributed by atoms with Gasteiger partial charge >= 0.3 is 0 Å². The summed E-state index contributed by atoms with van der Waals surface area (Å²) < 4.78 is 45.9. The van der Waals surface area contributed by atoms with Gasteiger partial charge in [0.15, 0.2) is 0 Å². The minimum atomic E-state index is -3.80. The molecule has 2 aromatic rings. The summed E-state index contributed by atoms with van der Waals surface area (Å²) in [5.74, 6) is -1.15. The van der Waals surface area contributed by atoms with E-state index in [1.54, 1.807) is 0 Å². The Morgan fingerprint density at radius 3 is 2.53 bits per heavy atom. The molecule has 1 heterocycles. The Labute approximate surface area is 218 Å². The highest BCUT2D eigenvalue weighted by Crippen LogP contribution is 2.45. The van der Waals surface area contributed by atoms with Crippen molar-refractivity contribution in [1.29, 1.82) is 0 Å². The lowest BCUT2D eigenvalue weighted by Crippen LogP contribution is -2.40. The van der Waals surface area contributed by atoms with E-state index in [0.29, 0.717) is 18.8 Å². The normalized spacial score (nSPS) is 19.2. The van der Waals surface area contributed by atoms with Gasteiger partial charge in [-0.05, 0) is 72.4 Å². The third kappa shape index (κ3) is 6.78. The standard InChI is InChI=1S/C27H34ClFN2O4S/c1-27(2,3)19-10-9-18(23(28)12-19)15-31-11-5-6-20(16-31)35-25-14-24(29)22(13-21(25)17-7-8-17)26(32)30-36(4,33)34/h9-10,12-14,17,20H,5-8,11,15-16H2,1-4H3,(H,30,32)/t20-/m1/s1. The lowest BCUT2D eigenvalue weighted by atomic mass is 9.86. The van der Waals surface area contributed by atoms with E-state index in [-0.39, 0.29) is 23.0 Å². The van der Waals surface area contributed by atoms with E-state index in [4.69, 9.17) is 16.3 Å². The Bertz CT molecular complexity index is 1260. The Hall–Kier alpha value is -2.16. The molecule has 2 aliphatic rings. The topological polar surface area (TPSA) is 75.7 Å². The molecule has 1 aliphatic carbocycles. The molecule has 4 rings (SSSR count). The number of sulfonamides is 1. The molecule has 1 aliphatic heterocycles. The highest BCUT2D eigenvalue weighted by atomic mass is 35.5. The van der Waals surface area contributed by atoms with E-state index < -0.39 is 21.7 Å². The first-order chi connectivity index (χ1) is 16.8. The molecule has 1 saturated heterocycles. The van der Waals surface area contributed by atoms with Crippen molar-refractivity contribution in [3.8, 4) is 5.75 Å². The summed E-state index contributed by atoms with van der Waals surface area (Å²) in [4.78, 5) is 14.6. The number of benzene rings is 2. The van der Waals surface area contributed by atoms with E-state index >= 15 is 0 Å². The van der Waals surface area contributed by atoms with Crippen LogP contribution in [0.25, 0.3) is 0 Å². The molecular formula is C27H34ClFN2O4S. The highest BCUT2D eigenvalue weighted by molar-refractivity contribution is 7.89. The van der Waals surface area contributed by atoms with E-state index in [2.05, 4.69) is 37.8 Å². The van der Waals surface area contributed by atoms with Crippen LogP contribution in [0, 0.1) is 5.82 Å². The number of ether oxygens (including phenoxy) is 1. The van der Waals surface area contributed by atoms with Crippen molar-refractivity contribution in [1.82, 2.24) is 9.62 Å². The van der Waals surface area contributed by atoms with Crippen LogP contribution in [0.4, 0.5) is 4.39 Å². The fourth-order valence-electron chi connectivity index (χ4n) is 4.60. The largest absolute Gasteiger partial charge is 0.489 e. The number of nitrogens with zero attached hydrogens (tertiary/aromatic N) is 1. The second-order valence-corrected chi connectivity index (χ2v) is 13.2. The number of hydrogen-bond donors (Lipinski definition) is 1. The maximum atomic E-state index is 14.9. The predicted molar refractivity (Wildman–Crippen MR) is 140 cm³/mol. The van der Waals surface area contributed by atoms with Gasteiger partial charge in [0.25, 0.3) is 5.91 Å². The average molecular weight is 537 g/mol. The van der Waals surface area contributed by atoms with Crippen LogP contribution in [0.1, 0.15) is 79.4 Å². The summed E-state index contributed by atoms with van der Waals surface area (Å²) in [5.41, 5.74) is 2.76. The van der Waals surface area contributed by atoms with Crippen molar-refractivity contribution in [2.24, 2.45) is 0 Å². The first-order valence-corrected chi connectivity index (χ1v) is 14.6. The molecule has 0 aromatic heterocycles. The van der Waals surface area contributed by atoms with Gasteiger partial charge in [-0.3, -0.25) is 9.69 Å². The number of nitrogens with one attached hydrogen (secondary N) is 1. The molecule has 1 N–H and O–H groups in total. The molecule has 1 saturated carbocycles. The first kappa shape index (κ1) is 26.9. The number of carbonyl (C=O) groups is 1. The van der Waals surface area contributed by atoms with Gasteiger partial charge in [0, 0.05) is 24.2 Å². The van der Waals surface area contributed by atoms with Crippen LogP contribution in [0.5, 0.6) is 5.75 Å². The molecule has 196 valence electrons. The molecule has 1 amide bonds. The Kier molecular flexibility index (Phi) is 7.70. The van der Waals surface area contributed by atoms with Crippen molar-refractivity contribution in [3.05, 3.63) is 63.4 Å². The first-order valence-electron chi connectivity index (χ1n) is 12.3. The third-order valence-electron chi connectivity index (χ3n) is 6.71. The van der Waals surface area contributed by atoms with Crippen molar-refractivity contribution < 1.29 is 22.3 Å². The summed E-state index contributed by atoms with van der Waals surface area (Å²) in [6.07, 6.45) is 4.37. The van der Waals surface area contributed by atoms with Crippen molar-refractivity contribution in [2.75, 3.05) is 19.3 Å². The maximum Gasteiger partial charge on any atom is 0.267 e. The van der Waals surface area contributed by atoms with Crippen LogP contribution >= 0.6 is 11.6 Å². The minimum absolute atomic E-state index is 0.0296. The number of piperidine rings is 1. The molecule has 2 aromatic carbocycles. The minimum Gasteiger partial charge on any atom is -0.489 e. The van der Waals surface area contributed by atoms with Crippen LogP contribution in [-0.2, 0) is 22.0 Å². The van der Waals surface area contributed by atoms with E-state index in [1.165, 1.54) is 17.7 Å². The molecule has 2 fully saturated rings. The summed E-state index contributed by atoms with van der Waals surface area (Å²) in [7, 11) is -3.80. The number of rotatable bonds is 7. The third-order valence-corrected chi connectivity index (χ3v) is 7.62. The van der Waals surface area contributed by atoms with Crippen molar-refractivity contribution in [3.63, 3.8) is 0 Å². The molecule has 36 heavy (non-hydrogen) atoms. The zero-order chi connectivity index (χ0) is 26.3. The number of halogens is 2. The van der Waals surface area contributed by atoms with Gasteiger partial charge < -0.3 is 4.74 Å². The average Bonchev–Trinajstić information content (AvgIpc) is 3.59. The second kappa shape index (κ2) is 10.3. The monoisotopic (exact) mass is 536 g/mol. The van der Waals surface area contributed by atoms with Gasteiger partial charge in [0.1, 0.15) is 17.7 Å². The van der Waals surface area contributed by atoms with E-state index in [0.717, 1.165) is 54.6 Å². The fourth-order valence-corrected chi connectivity index (χ4v) is 5.29. The Morgan fingerprint density at radius 1 is 1.19 bits per heavy atom. The van der Waals surface area contributed by atoms with Gasteiger partial charge in [-0.25, -0.2) is 17.5 Å². The summed E-state index contributed by atoms with van der Waals surface area (Å²) >= 11 is 6.61. The smallest absolute Gasteiger partial charge is 0.267 e. The quantitative estimate of drug-likeness (QED) is 0.513. The summed E-state index contributed by atoms with van der Waals surface area (Å²) in [6, 6.07) is 8.94.